The number of anilines is 1. The molecule has 5 heteroatoms. The molecule has 19 heavy (non-hydrogen) atoms. The molecule has 0 bridgehead atoms. The van der Waals surface area contributed by atoms with Gasteiger partial charge in [0.2, 0.25) is 0 Å². The fourth-order valence-corrected chi connectivity index (χ4v) is 2.07. The van der Waals surface area contributed by atoms with Crippen molar-refractivity contribution in [3.05, 3.63) is 23.8 Å². The molecule has 1 aliphatic rings. The molecule has 5 N–H and O–H groups in total. The molecule has 2 rings (SSSR count). The monoisotopic (exact) mass is 263 g/mol. The average molecular weight is 263 g/mol. The normalized spacial score (nSPS) is 21.1. The Morgan fingerprint density at radius 3 is 2.79 bits per heavy atom. The molecule has 0 fully saturated rings. The van der Waals surface area contributed by atoms with Gasteiger partial charge in [0.15, 0.2) is 6.10 Å². The zero-order valence-electron chi connectivity index (χ0n) is 11.3. The lowest BCUT2D eigenvalue weighted by Gasteiger charge is -2.24. The topological polar surface area (TPSA) is 90.4 Å². The summed E-state index contributed by atoms with van der Waals surface area (Å²) in [7, 11) is 0. The predicted molar refractivity (Wildman–Crippen MR) is 75.0 cm³/mol. The van der Waals surface area contributed by atoms with Gasteiger partial charge in [0.05, 0.1) is 5.69 Å². The van der Waals surface area contributed by atoms with Crippen molar-refractivity contribution in [2.24, 2.45) is 11.5 Å². The number of nitrogens with two attached hydrogens (primary N) is 2. The summed E-state index contributed by atoms with van der Waals surface area (Å²) in [6, 6.07) is 5.74. The Morgan fingerprint density at radius 1 is 1.37 bits per heavy atom. The minimum Gasteiger partial charge on any atom is -0.479 e. The number of nitrogens with one attached hydrogen (secondary N) is 1. The van der Waals surface area contributed by atoms with Gasteiger partial charge >= 0.3 is 0 Å². The maximum absolute atomic E-state index is 11.6. The molecular weight excluding hydrogens is 242 g/mol. The number of fused-ring (bicyclic) bond motifs is 1. The van der Waals surface area contributed by atoms with Crippen LogP contribution in [0.15, 0.2) is 18.2 Å². The third-order valence-corrected chi connectivity index (χ3v) is 3.30. The number of rotatable bonds is 4. The zero-order valence-corrected chi connectivity index (χ0v) is 11.3. The van der Waals surface area contributed by atoms with E-state index in [1.54, 1.807) is 6.92 Å². The molecular formula is C14H21N3O2. The molecule has 0 saturated heterocycles. The minimum atomic E-state index is -0.454. The first kappa shape index (κ1) is 13.8. The zero-order chi connectivity index (χ0) is 14.0. The van der Waals surface area contributed by atoms with Gasteiger partial charge in [-0.2, -0.15) is 0 Å². The third-order valence-electron chi connectivity index (χ3n) is 3.30. The number of carbonyl (C=O) groups excluding carboxylic acids is 1. The molecule has 0 aromatic heterocycles. The molecule has 5 nitrogen and oxygen atoms in total. The van der Waals surface area contributed by atoms with E-state index in [0.717, 1.165) is 18.4 Å². The molecule has 1 aromatic rings. The summed E-state index contributed by atoms with van der Waals surface area (Å²) in [6.45, 7) is 3.69. The SMILES string of the molecule is CC(N)CCC(N)c1ccc2c(c1)NC(=O)C(C)O2. The van der Waals surface area contributed by atoms with E-state index in [0.29, 0.717) is 11.4 Å². The lowest BCUT2D eigenvalue weighted by molar-refractivity contribution is -0.122. The van der Waals surface area contributed by atoms with Crippen LogP contribution in [0.3, 0.4) is 0 Å². The number of amides is 1. The van der Waals surface area contributed by atoms with E-state index in [9.17, 15) is 4.79 Å². The summed E-state index contributed by atoms with van der Waals surface area (Å²) in [5.74, 6) is 0.559. The van der Waals surface area contributed by atoms with Crippen LogP contribution in [0, 0.1) is 0 Å². The van der Waals surface area contributed by atoms with Gasteiger partial charge in [-0.05, 0) is 44.4 Å². The van der Waals surface area contributed by atoms with Crippen molar-refractivity contribution >= 4 is 11.6 Å². The summed E-state index contributed by atoms with van der Waals surface area (Å²) in [5.41, 5.74) is 13.5. The molecule has 1 aromatic carbocycles. The Kier molecular flexibility index (Phi) is 4.07. The second-order valence-electron chi connectivity index (χ2n) is 5.17. The second-order valence-corrected chi connectivity index (χ2v) is 5.17. The summed E-state index contributed by atoms with van der Waals surface area (Å²) >= 11 is 0. The summed E-state index contributed by atoms with van der Waals surface area (Å²) in [4.78, 5) is 11.6. The van der Waals surface area contributed by atoms with Gasteiger partial charge in [-0.1, -0.05) is 6.07 Å². The van der Waals surface area contributed by atoms with Gasteiger partial charge in [0, 0.05) is 12.1 Å². The first-order chi connectivity index (χ1) is 8.97. The first-order valence-electron chi connectivity index (χ1n) is 6.60. The van der Waals surface area contributed by atoms with E-state index in [2.05, 4.69) is 5.32 Å². The van der Waals surface area contributed by atoms with Crippen LogP contribution >= 0.6 is 0 Å². The summed E-state index contributed by atoms with van der Waals surface area (Å²) in [5, 5.41) is 2.83. The minimum absolute atomic E-state index is 0.0763. The van der Waals surface area contributed by atoms with Gasteiger partial charge in [-0.3, -0.25) is 4.79 Å². The Bertz CT molecular complexity index is 474. The molecule has 0 aliphatic carbocycles. The molecule has 104 valence electrons. The highest BCUT2D eigenvalue weighted by Crippen LogP contribution is 2.32. The van der Waals surface area contributed by atoms with Gasteiger partial charge < -0.3 is 21.5 Å². The molecule has 0 spiro atoms. The summed E-state index contributed by atoms with van der Waals surface area (Å²) < 4.78 is 5.50. The molecule has 1 aliphatic heterocycles. The second kappa shape index (κ2) is 5.59. The molecule has 1 heterocycles. The van der Waals surface area contributed by atoms with Crippen molar-refractivity contribution in [2.75, 3.05) is 5.32 Å². The Morgan fingerprint density at radius 2 is 2.11 bits per heavy atom. The molecule has 0 radical (unpaired) electrons. The van der Waals surface area contributed by atoms with Crippen LogP contribution in [-0.2, 0) is 4.79 Å². The smallest absolute Gasteiger partial charge is 0.265 e. The van der Waals surface area contributed by atoms with Gasteiger partial charge in [0.1, 0.15) is 5.75 Å². The van der Waals surface area contributed by atoms with Crippen molar-refractivity contribution in [1.29, 1.82) is 0 Å². The number of benzene rings is 1. The lowest BCUT2D eigenvalue weighted by atomic mass is 9.99. The van der Waals surface area contributed by atoms with Crippen molar-refractivity contribution in [3.8, 4) is 5.75 Å². The van der Waals surface area contributed by atoms with E-state index in [1.165, 1.54) is 0 Å². The Hall–Kier alpha value is -1.59. The summed E-state index contributed by atoms with van der Waals surface area (Å²) in [6.07, 6.45) is 1.24. The predicted octanol–water partition coefficient (Wildman–Crippen LogP) is 1.53. The largest absolute Gasteiger partial charge is 0.479 e. The van der Waals surface area contributed by atoms with Crippen LogP contribution in [0.5, 0.6) is 5.75 Å². The van der Waals surface area contributed by atoms with Crippen LogP contribution < -0.4 is 21.5 Å². The van der Waals surface area contributed by atoms with E-state index in [1.807, 2.05) is 25.1 Å². The molecule has 1 amide bonds. The standard InChI is InChI=1S/C14H21N3O2/c1-8(15)3-5-11(16)10-4-6-13-12(7-10)17-14(18)9(2)19-13/h4,6-9,11H,3,5,15-16H2,1-2H3,(H,17,18). The highest BCUT2D eigenvalue weighted by atomic mass is 16.5. The number of hydrogen-bond acceptors (Lipinski definition) is 4. The van der Waals surface area contributed by atoms with Gasteiger partial charge in [-0.25, -0.2) is 0 Å². The maximum Gasteiger partial charge on any atom is 0.265 e. The van der Waals surface area contributed by atoms with E-state index < -0.39 is 6.10 Å². The van der Waals surface area contributed by atoms with Gasteiger partial charge in [0.25, 0.3) is 5.91 Å². The Labute approximate surface area is 113 Å². The fourth-order valence-electron chi connectivity index (χ4n) is 2.07. The number of ether oxygens (including phenoxy) is 1. The third kappa shape index (κ3) is 3.24. The Balaban J connectivity index is 2.12. The lowest BCUT2D eigenvalue weighted by Crippen LogP contribution is -2.34. The maximum atomic E-state index is 11.6. The highest BCUT2D eigenvalue weighted by molar-refractivity contribution is 5.97. The average Bonchev–Trinajstić information content (AvgIpc) is 2.36. The van der Waals surface area contributed by atoms with Crippen LogP contribution in [0.4, 0.5) is 5.69 Å². The quantitative estimate of drug-likeness (QED) is 0.768. The number of hydrogen-bond donors (Lipinski definition) is 3. The van der Waals surface area contributed by atoms with Crippen LogP contribution in [-0.4, -0.2) is 18.1 Å². The van der Waals surface area contributed by atoms with Crippen LogP contribution in [0.25, 0.3) is 0 Å². The van der Waals surface area contributed by atoms with Crippen molar-refractivity contribution in [2.45, 2.75) is 44.9 Å². The van der Waals surface area contributed by atoms with E-state index in [4.69, 9.17) is 16.2 Å². The van der Waals surface area contributed by atoms with Crippen LogP contribution in [0.1, 0.15) is 38.3 Å². The van der Waals surface area contributed by atoms with Crippen molar-refractivity contribution in [1.82, 2.24) is 0 Å². The molecule has 0 saturated carbocycles. The number of carbonyl (C=O) groups is 1. The van der Waals surface area contributed by atoms with Crippen LogP contribution in [0.2, 0.25) is 0 Å². The van der Waals surface area contributed by atoms with Gasteiger partial charge in [-0.15, -0.1) is 0 Å². The molecule has 3 unspecified atom stereocenters. The van der Waals surface area contributed by atoms with Crippen molar-refractivity contribution in [3.63, 3.8) is 0 Å². The molecule has 3 atom stereocenters. The highest BCUT2D eigenvalue weighted by Gasteiger charge is 2.24. The van der Waals surface area contributed by atoms with E-state index in [-0.39, 0.29) is 18.0 Å². The van der Waals surface area contributed by atoms with E-state index >= 15 is 0 Å². The fraction of sp³-hybridized carbons (Fsp3) is 0.500. The first-order valence-corrected chi connectivity index (χ1v) is 6.60. The van der Waals surface area contributed by atoms with Crippen molar-refractivity contribution < 1.29 is 9.53 Å².